The molecule has 1 aliphatic heterocycles. The van der Waals surface area contributed by atoms with Gasteiger partial charge in [0.1, 0.15) is 0 Å². The Morgan fingerprint density at radius 3 is 2.68 bits per heavy atom. The molecule has 1 saturated heterocycles. The Morgan fingerprint density at radius 1 is 1.21 bits per heavy atom. The van der Waals surface area contributed by atoms with Crippen LogP contribution in [-0.2, 0) is 4.79 Å². The molecule has 1 aliphatic carbocycles. The molecule has 1 heterocycles. The summed E-state index contributed by atoms with van der Waals surface area (Å²) >= 11 is 0. The van der Waals surface area contributed by atoms with Crippen LogP contribution in [-0.4, -0.2) is 36.0 Å². The highest BCUT2D eigenvalue weighted by molar-refractivity contribution is 5.80. The SMILES string of the molecule is C[C@@H]1CCC[C@@H](NC(=O)[C@@H]2CCCN(C(N)=O)C2)C1. The second-order valence-corrected chi connectivity index (χ2v) is 6.10. The Labute approximate surface area is 114 Å². The predicted molar refractivity (Wildman–Crippen MR) is 73.4 cm³/mol. The van der Waals surface area contributed by atoms with E-state index in [9.17, 15) is 9.59 Å². The number of hydrogen-bond donors (Lipinski definition) is 2. The lowest BCUT2D eigenvalue weighted by atomic mass is 9.86. The molecular formula is C14H25N3O2. The monoisotopic (exact) mass is 267 g/mol. The van der Waals surface area contributed by atoms with Crippen LogP contribution in [0.5, 0.6) is 0 Å². The molecule has 0 spiro atoms. The van der Waals surface area contributed by atoms with E-state index in [-0.39, 0.29) is 11.8 Å². The number of primary amides is 1. The molecule has 108 valence electrons. The van der Waals surface area contributed by atoms with E-state index in [4.69, 9.17) is 5.73 Å². The van der Waals surface area contributed by atoms with Gasteiger partial charge in [0.05, 0.1) is 5.92 Å². The van der Waals surface area contributed by atoms with Gasteiger partial charge in [-0.2, -0.15) is 0 Å². The van der Waals surface area contributed by atoms with Crippen LogP contribution in [0.25, 0.3) is 0 Å². The van der Waals surface area contributed by atoms with Crippen molar-refractivity contribution in [3.05, 3.63) is 0 Å². The quantitative estimate of drug-likeness (QED) is 0.795. The fraction of sp³-hybridized carbons (Fsp3) is 0.857. The Bertz CT molecular complexity index is 346. The van der Waals surface area contributed by atoms with Crippen LogP contribution in [0.1, 0.15) is 45.4 Å². The van der Waals surface area contributed by atoms with Crippen molar-refractivity contribution in [3.8, 4) is 0 Å². The zero-order valence-electron chi connectivity index (χ0n) is 11.7. The van der Waals surface area contributed by atoms with E-state index in [1.807, 2.05) is 0 Å². The molecule has 0 aromatic carbocycles. The van der Waals surface area contributed by atoms with Crippen molar-refractivity contribution in [1.29, 1.82) is 0 Å². The maximum atomic E-state index is 12.3. The zero-order valence-corrected chi connectivity index (χ0v) is 11.7. The van der Waals surface area contributed by atoms with Gasteiger partial charge in [-0.3, -0.25) is 4.79 Å². The molecule has 19 heavy (non-hydrogen) atoms. The van der Waals surface area contributed by atoms with Gasteiger partial charge in [0.25, 0.3) is 0 Å². The van der Waals surface area contributed by atoms with Gasteiger partial charge in [0.2, 0.25) is 5.91 Å². The van der Waals surface area contributed by atoms with Crippen molar-refractivity contribution in [3.63, 3.8) is 0 Å². The van der Waals surface area contributed by atoms with E-state index in [1.54, 1.807) is 4.90 Å². The van der Waals surface area contributed by atoms with Crippen LogP contribution in [0.3, 0.4) is 0 Å². The molecule has 0 bridgehead atoms. The molecule has 0 radical (unpaired) electrons. The largest absolute Gasteiger partial charge is 0.353 e. The average Bonchev–Trinajstić information content (AvgIpc) is 2.39. The molecule has 1 saturated carbocycles. The summed E-state index contributed by atoms with van der Waals surface area (Å²) in [6.45, 7) is 3.40. The van der Waals surface area contributed by atoms with Gasteiger partial charge in [-0.05, 0) is 31.6 Å². The molecular weight excluding hydrogens is 242 g/mol. The minimum atomic E-state index is -0.413. The Balaban J connectivity index is 1.83. The van der Waals surface area contributed by atoms with E-state index in [2.05, 4.69) is 12.2 Å². The molecule has 2 aliphatic rings. The topological polar surface area (TPSA) is 75.4 Å². The van der Waals surface area contributed by atoms with Crippen molar-refractivity contribution in [1.82, 2.24) is 10.2 Å². The standard InChI is InChI=1S/C14H25N3O2/c1-10-4-2-6-12(8-10)16-13(18)11-5-3-7-17(9-11)14(15)19/h10-12H,2-9H2,1H3,(H2,15,19)(H,16,18)/t10-,11-,12-/m1/s1. The molecule has 0 aromatic heterocycles. The molecule has 3 amide bonds. The maximum absolute atomic E-state index is 12.3. The summed E-state index contributed by atoms with van der Waals surface area (Å²) < 4.78 is 0. The maximum Gasteiger partial charge on any atom is 0.314 e. The van der Waals surface area contributed by atoms with E-state index in [1.165, 1.54) is 12.8 Å². The van der Waals surface area contributed by atoms with Crippen molar-refractivity contribution in [2.24, 2.45) is 17.6 Å². The fourth-order valence-corrected chi connectivity index (χ4v) is 3.28. The first kappa shape index (κ1) is 14.2. The minimum Gasteiger partial charge on any atom is -0.353 e. The third-order valence-corrected chi connectivity index (χ3v) is 4.39. The van der Waals surface area contributed by atoms with Crippen LogP contribution in [0, 0.1) is 11.8 Å². The first-order valence-electron chi connectivity index (χ1n) is 7.41. The number of amides is 3. The molecule has 5 heteroatoms. The number of hydrogen-bond acceptors (Lipinski definition) is 2. The first-order chi connectivity index (χ1) is 9.06. The summed E-state index contributed by atoms with van der Waals surface area (Å²) in [6.07, 6.45) is 6.36. The lowest BCUT2D eigenvalue weighted by Crippen LogP contribution is -2.49. The second-order valence-electron chi connectivity index (χ2n) is 6.10. The van der Waals surface area contributed by atoms with Crippen molar-refractivity contribution < 1.29 is 9.59 Å². The summed E-state index contributed by atoms with van der Waals surface area (Å²) in [6, 6.07) is -0.0935. The number of carbonyl (C=O) groups is 2. The van der Waals surface area contributed by atoms with Gasteiger partial charge in [-0.1, -0.05) is 19.8 Å². The summed E-state index contributed by atoms with van der Waals surface area (Å²) in [7, 11) is 0. The number of likely N-dealkylation sites (tertiary alicyclic amines) is 1. The Kier molecular flexibility index (Phi) is 4.66. The summed E-state index contributed by atoms with van der Waals surface area (Å²) in [4.78, 5) is 25.0. The fourth-order valence-electron chi connectivity index (χ4n) is 3.28. The molecule has 0 aromatic rings. The summed E-state index contributed by atoms with van der Waals surface area (Å²) in [5.41, 5.74) is 5.29. The van der Waals surface area contributed by atoms with E-state index in [0.29, 0.717) is 25.0 Å². The van der Waals surface area contributed by atoms with E-state index < -0.39 is 6.03 Å². The number of carbonyl (C=O) groups excluding carboxylic acids is 2. The molecule has 0 unspecified atom stereocenters. The normalized spacial score (nSPS) is 31.8. The lowest BCUT2D eigenvalue weighted by molar-refractivity contribution is -0.127. The van der Waals surface area contributed by atoms with Crippen LogP contribution in [0.15, 0.2) is 0 Å². The molecule has 5 nitrogen and oxygen atoms in total. The highest BCUT2D eigenvalue weighted by Crippen LogP contribution is 2.24. The average molecular weight is 267 g/mol. The van der Waals surface area contributed by atoms with Crippen LogP contribution >= 0.6 is 0 Å². The molecule has 2 fully saturated rings. The smallest absolute Gasteiger partial charge is 0.314 e. The second kappa shape index (κ2) is 6.26. The third-order valence-electron chi connectivity index (χ3n) is 4.39. The van der Waals surface area contributed by atoms with Gasteiger partial charge in [-0.15, -0.1) is 0 Å². The summed E-state index contributed by atoms with van der Waals surface area (Å²) in [5.74, 6) is 0.719. The third kappa shape index (κ3) is 3.85. The number of piperidine rings is 1. The van der Waals surface area contributed by atoms with Gasteiger partial charge in [0.15, 0.2) is 0 Å². The number of nitrogens with one attached hydrogen (secondary N) is 1. The molecule has 3 N–H and O–H groups in total. The van der Waals surface area contributed by atoms with Gasteiger partial charge >= 0.3 is 6.03 Å². The van der Waals surface area contributed by atoms with Crippen molar-refractivity contribution in [2.45, 2.75) is 51.5 Å². The van der Waals surface area contributed by atoms with Gasteiger partial charge in [0, 0.05) is 19.1 Å². The lowest BCUT2D eigenvalue weighted by Gasteiger charge is -2.33. The number of nitrogens with two attached hydrogens (primary N) is 1. The van der Waals surface area contributed by atoms with Gasteiger partial charge < -0.3 is 16.0 Å². The number of nitrogens with zero attached hydrogens (tertiary/aromatic N) is 1. The van der Waals surface area contributed by atoms with Crippen LogP contribution in [0.4, 0.5) is 4.79 Å². The van der Waals surface area contributed by atoms with Crippen molar-refractivity contribution in [2.75, 3.05) is 13.1 Å². The Morgan fingerprint density at radius 2 is 2.00 bits per heavy atom. The Hall–Kier alpha value is -1.26. The van der Waals surface area contributed by atoms with Crippen molar-refractivity contribution >= 4 is 11.9 Å². The molecule has 2 rings (SSSR count). The van der Waals surface area contributed by atoms with Gasteiger partial charge in [-0.25, -0.2) is 4.79 Å². The molecule has 3 atom stereocenters. The highest BCUT2D eigenvalue weighted by atomic mass is 16.2. The minimum absolute atomic E-state index is 0.0847. The highest BCUT2D eigenvalue weighted by Gasteiger charge is 2.29. The number of rotatable bonds is 2. The van der Waals surface area contributed by atoms with E-state index >= 15 is 0 Å². The zero-order chi connectivity index (χ0) is 13.8. The van der Waals surface area contributed by atoms with Crippen LogP contribution in [0.2, 0.25) is 0 Å². The van der Waals surface area contributed by atoms with Crippen LogP contribution < -0.4 is 11.1 Å². The summed E-state index contributed by atoms with van der Waals surface area (Å²) in [5, 5.41) is 3.16. The number of urea groups is 1. The predicted octanol–water partition coefficient (Wildman–Crippen LogP) is 1.47. The van der Waals surface area contributed by atoms with E-state index in [0.717, 1.165) is 25.7 Å². The first-order valence-corrected chi connectivity index (χ1v) is 7.41.